The van der Waals surface area contributed by atoms with E-state index in [1.165, 1.54) is 15.6 Å². The quantitative estimate of drug-likeness (QED) is 0.869. The molecular weight excluding hydrogens is 346 g/mol. The molecule has 2 aliphatic heterocycles. The highest BCUT2D eigenvalue weighted by atomic mass is 32.2. The number of nitrogens with one attached hydrogen (secondary N) is 1. The second-order valence-corrected chi connectivity index (χ2v) is 10.1. The molecule has 0 saturated carbocycles. The minimum absolute atomic E-state index is 0.103. The Balaban J connectivity index is 1.73. The van der Waals surface area contributed by atoms with E-state index < -0.39 is 10.0 Å². The van der Waals surface area contributed by atoms with E-state index in [1.54, 1.807) is 6.07 Å². The van der Waals surface area contributed by atoms with Crippen LogP contribution in [-0.4, -0.2) is 62.3 Å². The Labute approximate surface area is 147 Å². The summed E-state index contributed by atoms with van der Waals surface area (Å²) >= 11 is 1.29. The number of piperidine rings is 1. The molecule has 0 spiro atoms. The summed E-state index contributed by atoms with van der Waals surface area (Å²) in [7, 11) is -3.48. The zero-order valence-electron chi connectivity index (χ0n) is 14.2. The van der Waals surface area contributed by atoms with Gasteiger partial charge in [-0.15, -0.1) is 11.3 Å². The Morgan fingerprint density at radius 3 is 2.79 bits per heavy atom. The van der Waals surface area contributed by atoms with Gasteiger partial charge in [-0.3, -0.25) is 4.79 Å². The number of piperazine rings is 1. The van der Waals surface area contributed by atoms with E-state index in [0.29, 0.717) is 23.8 Å². The first-order chi connectivity index (χ1) is 11.4. The fourth-order valence-corrected chi connectivity index (χ4v) is 6.40. The first-order valence-corrected chi connectivity index (χ1v) is 10.7. The molecule has 2 saturated heterocycles. The van der Waals surface area contributed by atoms with E-state index in [-0.39, 0.29) is 17.9 Å². The Morgan fingerprint density at radius 1 is 1.33 bits per heavy atom. The maximum Gasteiger partial charge on any atom is 0.252 e. The zero-order valence-corrected chi connectivity index (χ0v) is 15.8. The van der Waals surface area contributed by atoms with Crippen LogP contribution in [-0.2, 0) is 14.8 Å². The molecule has 1 aromatic heterocycles. The van der Waals surface area contributed by atoms with Crippen LogP contribution < -0.4 is 5.32 Å². The summed E-state index contributed by atoms with van der Waals surface area (Å²) in [4.78, 5) is 15.7. The highest BCUT2D eigenvalue weighted by molar-refractivity contribution is 7.91. The van der Waals surface area contributed by atoms with Gasteiger partial charge in [-0.05, 0) is 38.8 Å². The second-order valence-electron chi connectivity index (χ2n) is 6.65. The third-order valence-corrected chi connectivity index (χ3v) is 8.16. The number of amides is 1. The molecule has 2 aliphatic rings. The molecule has 0 aromatic carbocycles. The molecule has 24 heavy (non-hydrogen) atoms. The highest BCUT2D eigenvalue weighted by Gasteiger charge is 2.37. The van der Waals surface area contributed by atoms with Gasteiger partial charge >= 0.3 is 0 Å². The summed E-state index contributed by atoms with van der Waals surface area (Å²) in [5.74, 6) is -0.124. The molecule has 2 unspecified atom stereocenters. The van der Waals surface area contributed by atoms with Gasteiger partial charge in [0.05, 0.1) is 5.92 Å². The molecule has 134 valence electrons. The van der Waals surface area contributed by atoms with E-state index in [1.807, 2.05) is 24.8 Å². The van der Waals surface area contributed by atoms with Crippen molar-refractivity contribution in [1.29, 1.82) is 0 Å². The van der Waals surface area contributed by atoms with Gasteiger partial charge in [0, 0.05) is 43.6 Å². The van der Waals surface area contributed by atoms with Crippen LogP contribution in [0.5, 0.6) is 0 Å². The molecule has 2 atom stereocenters. The van der Waals surface area contributed by atoms with E-state index in [4.69, 9.17) is 0 Å². The van der Waals surface area contributed by atoms with Gasteiger partial charge in [0.2, 0.25) is 5.91 Å². The van der Waals surface area contributed by atoms with Gasteiger partial charge in [-0.25, -0.2) is 8.42 Å². The molecule has 2 fully saturated rings. The largest absolute Gasteiger partial charge is 0.337 e. The SMILES string of the molecule is Cc1ccc(S(=O)(=O)N2CCCC(C(=O)N3CCNCC3C)C2)s1. The van der Waals surface area contributed by atoms with Gasteiger partial charge in [-0.1, -0.05) is 0 Å². The number of sulfonamides is 1. The minimum Gasteiger partial charge on any atom is -0.337 e. The van der Waals surface area contributed by atoms with Crippen molar-refractivity contribution in [2.75, 3.05) is 32.7 Å². The van der Waals surface area contributed by atoms with E-state index in [2.05, 4.69) is 5.32 Å². The average Bonchev–Trinajstić information content (AvgIpc) is 3.02. The first-order valence-electron chi connectivity index (χ1n) is 8.47. The predicted molar refractivity (Wildman–Crippen MR) is 94.6 cm³/mol. The van der Waals surface area contributed by atoms with Gasteiger partial charge in [0.1, 0.15) is 4.21 Å². The number of carbonyl (C=O) groups is 1. The van der Waals surface area contributed by atoms with Crippen LogP contribution in [0.1, 0.15) is 24.6 Å². The Bertz CT molecular complexity index is 701. The number of rotatable bonds is 3. The summed E-state index contributed by atoms with van der Waals surface area (Å²) in [6, 6.07) is 3.66. The van der Waals surface area contributed by atoms with Gasteiger partial charge in [0.25, 0.3) is 10.0 Å². The molecule has 0 aliphatic carbocycles. The lowest BCUT2D eigenvalue weighted by atomic mass is 9.97. The van der Waals surface area contributed by atoms with Crippen molar-refractivity contribution < 1.29 is 13.2 Å². The molecular formula is C16H25N3O3S2. The van der Waals surface area contributed by atoms with Crippen LogP contribution in [0.3, 0.4) is 0 Å². The van der Waals surface area contributed by atoms with Gasteiger partial charge < -0.3 is 10.2 Å². The first kappa shape index (κ1) is 17.8. The maximum absolute atomic E-state index is 12.9. The van der Waals surface area contributed by atoms with E-state index in [0.717, 1.165) is 30.8 Å². The van der Waals surface area contributed by atoms with Crippen molar-refractivity contribution in [2.24, 2.45) is 5.92 Å². The molecule has 1 N–H and O–H groups in total. The highest BCUT2D eigenvalue weighted by Crippen LogP contribution is 2.29. The maximum atomic E-state index is 12.9. The van der Waals surface area contributed by atoms with E-state index >= 15 is 0 Å². The normalized spacial score (nSPS) is 26.5. The molecule has 0 bridgehead atoms. The van der Waals surface area contributed by atoms with Crippen molar-refractivity contribution in [1.82, 2.24) is 14.5 Å². The van der Waals surface area contributed by atoms with Gasteiger partial charge in [0.15, 0.2) is 0 Å². The van der Waals surface area contributed by atoms with Crippen LogP contribution in [0.15, 0.2) is 16.3 Å². The minimum atomic E-state index is -3.48. The van der Waals surface area contributed by atoms with Gasteiger partial charge in [-0.2, -0.15) is 4.31 Å². The van der Waals surface area contributed by atoms with Crippen LogP contribution >= 0.6 is 11.3 Å². The third kappa shape index (κ3) is 3.51. The second kappa shape index (κ2) is 7.11. The summed E-state index contributed by atoms with van der Waals surface area (Å²) in [6.07, 6.45) is 1.51. The lowest BCUT2D eigenvalue weighted by Gasteiger charge is -2.39. The molecule has 1 amide bonds. The topological polar surface area (TPSA) is 69.7 Å². The van der Waals surface area contributed by atoms with Crippen molar-refractivity contribution in [3.05, 3.63) is 17.0 Å². The molecule has 3 heterocycles. The number of carbonyl (C=O) groups excluding carboxylic acids is 1. The number of thiophene rings is 1. The number of hydrogen-bond donors (Lipinski definition) is 1. The zero-order chi connectivity index (χ0) is 17.3. The number of aryl methyl sites for hydroxylation is 1. The molecule has 1 aromatic rings. The lowest BCUT2D eigenvalue weighted by Crippen LogP contribution is -2.55. The summed E-state index contributed by atoms with van der Waals surface area (Å²) in [5.41, 5.74) is 0. The smallest absolute Gasteiger partial charge is 0.252 e. The monoisotopic (exact) mass is 371 g/mol. The number of hydrogen-bond acceptors (Lipinski definition) is 5. The van der Waals surface area contributed by atoms with Crippen molar-refractivity contribution in [2.45, 2.75) is 36.9 Å². The van der Waals surface area contributed by atoms with Crippen molar-refractivity contribution >= 4 is 27.3 Å². The Morgan fingerprint density at radius 2 is 2.12 bits per heavy atom. The summed E-state index contributed by atoms with van der Waals surface area (Å²) < 4.78 is 27.5. The number of nitrogens with zero attached hydrogens (tertiary/aromatic N) is 2. The van der Waals surface area contributed by atoms with Crippen LogP contribution in [0.4, 0.5) is 0 Å². The van der Waals surface area contributed by atoms with E-state index in [9.17, 15) is 13.2 Å². The fourth-order valence-electron chi connectivity index (χ4n) is 3.44. The summed E-state index contributed by atoms with van der Waals surface area (Å²) in [5, 5.41) is 3.28. The lowest BCUT2D eigenvalue weighted by molar-refractivity contribution is -0.139. The summed E-state index contributed by atoms with van der Waals surface area (Å²) in [6.45, 7) is 7.05. The Kier molecular flexibility index (Phi) is 5.29. The predicted octanol–water partition coefficient (Wildman–Crippen LogP) is 1.28. The third-order valence-electron chi connectivity index (χ3n) is 4.83. The Hall–Kier alpha value is -0.960. The average molecular weight is 372 g/mol. The van der Waals surface area contributed by atoms with Crippen molar-refractivity contribution in [3.8, 4) is 0 Å². The molecule has 6 nitrogen and oxygen atoms in total. The molecule has 3 rings (SSSR count). The fraction of sp³-hybridized carbons (Fsp3) is 0.688. The molecule has 0 radical (unpaired) electrons. The standard InChI is InChI=1S/C16H25N3O3S2/c1-12-10-17-7-9-19(12)16(20)14-4-3-8-18(11-14)24(21,22)15-6-5-13(2)23-15/h5-6,12,14,17H,3-4,7-11H2,1-2H3. The van der Waals surface area contributed by atoms with Crippen LogP contribution in [0.25, 0.3) is 0 Å². The molecule has 8 heteroatoms. The van der Waals surface area contributed by atoms with Crippen molar-refractivity contribution in [3.63, 3.8) is 0 Å². The van der Waals surface area contributed by atoms with Crippen LogP contribution in [0.2, 0.25) is 0 Å². The van der Waals surface area contributed by atoms with Crippen LogP contribution in [0, 0.1) is 12.8 Å².